The summed E-state index contributed by atoms with van der Waals surface area (Å²) in [5.41, 5.74) is 0.908. The van der Waals surface area contributed by atoms with Gasteiger partial charge in [0.15, 0.2) is 0 Å². The van der Waals surface area contributed by atoms with Crippen LogP contribution in [0.3, 0.4) is 0 Å². The molecule has 1 aromatic rings. The number of aryl methyl sites for hydroxylation is 1. The molecule has 0 spiro atoms. The van der Waals surface area contributed by atoms with E-state index >= 15 is 0 Å². The third kappa shape index (κ3) is 3.61. The Balaban J connectivity index is 2.51. The monoisotopic (exact) mass is 226 g/mol. The molecule has 4 heteroatoms. The Morgan fingerprint density at radius 2 is 2.25 bits per heavy atom. The van der Waals surface area contributed by atoms with Crippen molar-refractivity contribution in [3.63, 3.8) is 0 Å². The maximum Gasteiger partial charge on any atom is 0.0957 e. The Hall–Kier alpha value is -0.870. The van der Waals surface area contributed by atoms with Crippen LogP contribution >= 0.6 is 0 Å². The van der Waals surface area contributed by atoms with Crippen LogP contribution in [-0.4, -0.2) is 28.1 Å². The predicted octanol–water partition coefficient (Wildman–Crippen LogP) is 2.14. The summed E-state index contributed by atoms with van der Waals surface area (Å²) in [7, 11) is 1.69. The van der Waals surface area contributed by atoms with E-state index in [9.17, 15) is 5.11 Å². The standard InChI is InChI=1S/C12H22N2O2/c1-4-9-14-11(7-8-13-14)12(15)6-5-10(2)16-3/h7-8,10,12,15H,4-6,9H2,1-3H3. The Labute approximate surface area is 97.2 Å². The van der Waals surface area contributed by atoms with Crippen molar-refractivity contribution < 1.29 is 9.84 Å². The fourth-order valence-electron chi connectivity index (χ4n) is 1.68. The van der Waals surface area contributed by atoms with Crippen LogP contribution in [0.25, 0.3) is 0 Å². The second kappa shape index (κ2) is 6.66. The molecule has 0 radical (unpaired) electrons. The number of hydrogen-bond acceptors (Lipinski definition) is 3. The number of nitrogens with zero attached hydrogens (tertiary/aromatic N) is 2. The van der Waals surface area contributed by atoms with Crippen molar-refractivity contribution in [2.45, 2.75) is 51.9 Å². The smallest absolute Gasteiger partial charge is 0.0957 e. The molecule has 0 bridgehead atoms. The maximum atomic E-state index is 10.0. The molecule has 1 aromatic heterocycles. The second-order valence-electron chi connectivity index (χ2n) is 4.12. The van der Waals surface area contributed by atoms with Gasteiger partial charge in [0, 0.05) is 19.9 Å². The Kier molecular flexibility index (Phi) is 5.49. The minimum atomic E-state index is -0.438. The third-order valence-corrected chi connectivity index (χ3v) is 2.78. The largest absolute Gasteiger partial charge is 0.387 e. The molecule has 0 saturated carbocycles. The predicted molar refractivity (Wildman–Crippen MR) is 63.2 cm³/mol. The van der Waals surface area contributed by atoms with Crippen LogP contribution in [-0.2, 0) is 11.3 Å². The van der Waals surface area contributed by atoms with E-state index in [-0.39, 0.29) is 6.10 Å². The van der Waals surface area contributed by atoms with E-state index in [1.807, 2.05) is 17.7 Å². The van der Waals surface area contributed by atoms with E-state index in [1.165, 1.54) is 0 Å². The summed E-state index contributed by atoms with van der Waals surface area (Å²) in [4.78, 5) is 0. The first kappa shape index (κ1) is 13.2. The number of rotatable bonds is 7. The van der Waals surface area contributed by atoms with Gasteiger partial charge in [-0.1, -0.05) is 6.92 Å². The van der Waals surface area contributed by atoms with Crippen LogP contribution in [0.2, 0.25) is 0 Å². The SMILES string of the molecule is CCCn1nccc1C(O)CCC(C)OC. The van der Waals surface area contributed by atoms with Gasteiger partial charge in [0.25, 0.3) is 0 Å². The van der Waals surface area contributed by atoms with Gasteiger partial charge in [-0.3, -0.25) is 4.68 Å². The summed E-state index contributed by atoms with van der Waals surface area (Å²) in [6.45, 7) is 4.97. The van der Waals surface area contributed by atoms with Crippen molar-refractivity contribution >= 4 is 0 Å². The lowest BCUT2D eigenvalue weighted by molar-refractivity contribution is 0.0824. The number of aliphatic hydroxyl groups excluding tert-OH is 1. The molecule has 0 saturated heterocycles. The van der Waals surface area contributed by atoms with Gasteiger partial charge in [-0.25, -0.2) is 0 Å². The van der Waals surface area contributed by atoms with E-state index in [0.29, 0.717) is 6.42 Å². The summed E-state index contributed by atoms with van der Waals surface area (Å²) in [6.07, 6.45) is 4.09. The van der Waals surface area contributed by atoms with Gasteiger partial charge in [0.2, 0.25) is 0 Å². The highest BCUT2D eigenvalue weighted by molar-refractivity contribution is 5.04. The molecule has 16 heavy (non-hydrogen) atoms. The molecule has 2 atom stereocenters. The molecule has 0 fully saturated rings. The first-order valence-electron chi connectivity index (χ1n) is 5.91. The zero-order chi connectivity index (χ0) is 12.0. The van der Waals surface area contributed by atoms with Gasteiger partial charge < -0.3 is 9.84 Å². The number of hydrogen-bond donors (Lipinski definition) is 1. The molecule has 92 valence electrons. The van der Waals surface area contributed by atoms with Crippen LogP contribution in [0.4, 0.5) is 0 Å². The molecule has 0 aliphatic carbocycles. The van der Waals surface area contributed by atoms with Crippen LogP contribution in [0, 0.1) is 0 Å². The highest BCUT2D eigenvalue weighted by Crippen LogP contribution is 2.19. The average Bonchev–Trinajstić information content (AvgIpc) is 2.74. The van der Waals surface area contributed by atoms with E-state index in [0.717, 1.165) is 25.1 Å². The van der Waals surface area contributed by atoms with Gasteiger partial charge in [-0.2, -0.15) is 5.10 Å². The molecule has 0 aliphatic heterocycles. The zero-order valence-electron chi connectivity index (χ0n) is 10.4. The maximum absolute atomic E-state index is 10.0. The Bertz CT molecular complexity index is 299. The minimum absolute atomic E-state index is 0.192. The van der Waals surface area contributed by atoms with Crippen LogP contribution in [0.5, 0.6) is 0 Å². The van der Waals surface area contributed by atoms with Gasteiger partial charge in [-0.05, 0) is 32.3 Å². The summed E-state index contributed by atoms with van der Waals surface area (Å²) in [6, 6.07) is 1.89. The van der Waals surface area contributed by atoms with Crippen LogP contribution < -0.4 is 0 Å². The lowest BCUT2D eigenvalue weighted by atomic mass is 10.1. The first-order valence-corrected chi connectivity index (χ1v) is 5.91. The number of methoxy groups -OCH3 is 1. The molecular weight excluding hydrogens is 204 g/mol. The summed E-state index contributed by atoms with van der Waals surface area (Å²) in [5.74, 6) is 0. The fraction of sp³-hybridized carbons (Fsp3) is 0.750. The molecule has 0 amide bonds. The van der Waals surface area contributed by atoms with Gasteiger partial charge in [-0.15, -0.1) is 0 Å². The highest BCUT2D eigenvalue weighted by Gasteiger charge is 2.13. The minimum Gasteiger partial charge on any atom is -0.387 e. The molecule has 0 aliphatic rings. The zero-order valence-corrected chi connectivity index (χ0v) is 10.4. The van der Waals surface area contributed by atoms with E-state index in [2.05, 4.69) is 12.0 Å². The number of aliphatic hydroxyl groups is 1. The summed E-state index contributed by atoms with van der Waals surface area (Å²) < 4.78 is 7.04. The average molecular weight is 226 g/mol. The van der Waals surface area contributed by atoms with Crippen molar-refractivity contribution in [1.29, 1.82) is 0 Å². The normalized spacial score (nSPS) is 15.0. The van der Waals surface area contributed by atoms with Crippen molar-refractivity contribution in [2.24, 2.45) is 0 Å². The Morgan fingerprint density at radius 3 is 2.88 bits per heavy atom. The van der Waals surface area contributed by atoms with Crippen molar-refractivity contribution in [1.82, 2.24) is 9.78 Å². The van der Waals surface area contributed by atoms with Crippen LogP contribution in [0.1, 0.15) is 44.9 Å². The second-order valence-corrected chi connectivity index (χ2v) is 4.12. The summed E-state index contributed by atoms with van der Waals surface area (Å²) >= 11 is 0. The first-order chi connectivity index (χ1) is 7.69. The molecule has 1 heterocycles. The van der Waals surface area contributed by atoms with Crippen molar-refractivity contribution in [3.05, 3.63) is 18.0 Å². The molecule has 1 N–H and O–H groups in total. The van der Waals surface area contributed by atoms with E-state index in [1.54, 1.807) is 13.3 Å². The topological polar surface area (TPSA) is 47.3 Å². The number of aromatic nitrogens is 2. The van der Waals surface area contributed by atoms with Crippen molar-refractivity contribution in [3.8, 4) is 0 Å². The van der Waals surface area contributed by atoms with Gasteiger partial charge >= 0.3 is 0 Å². The fourth-order valence-corrected chi connectivity index (χ4v) is 1.68. The number of ether oxygens (including phenoxy) is 1. The third-order valence-electron chi connectivity index (χ3n) is 2.78. The highest BCUT2D eigenvalue weighted by atomic mass is 16.5. The van der Waals surface area contributed by atoms with E-state index < -0.39 is 6.10 Å². The molecule has 2 unspecified atom stereocenters. The molecule has 1 rings (SSSR count). The molecule has 0 aromatic carbocycles. The van der Waals surface area contributed by atoms with E-state index in [4.69, 9.17) is 4.74 Å². The lowest BCUT2D eigenvalue weighted by Gasteiger charge is -2.15. The van der Waals surface area contributed by atoms with Gasteiger partial charge in [0.1, 0.15) is 0 Å². The molecule has 4 nitrogen and oxygen atoms in total. The summed E-state index contributed by atoms with van der Waals surface area (Å²) in [5, 5.41) is 14.2. The lowest BCUT2D eigenvalue weighted by Crippen LogP contribution is -2.12. The molecular formula is C12H22N2O2. The Morgan fingerprint density at radius 1 is 1.50 bits per heavy atom. The van der Waals surface area contributed by atoms with Crippen LogP contribution in [0.15, 0.2) is 12.3 Å². The quantitative estimate of drug-likeness (QED) is 0.775. The van der Waals surface area contributed by atoms with Crippen molar-refractivity contribution in [2.75, 3.05) is 7.11 Å². The van der Waals surface area contributed by atoms with Gasteiger partial charge in [0.05, 0.1) is 17.9 Å².